The van der Waals surface area contributed by atoms with Crippen molar-refractivity contribution in [3.63, 3.8) is 0 Å². The van der Waals surface area contributed by atoms with Gasteiger partial charge in [0, 0.05) is 23.3 Å². The van der Waals surface area contributed by atoms with E-state index in [1.807, 2.05) is 30.3 Å². The molecule has 1 N–H and O–H groups in total. The Morgan fingerprint density at radius 2 is 1.86 bits per heavy atom. The first-order valence-electron chi connectivity index (χ1n) is 8.56. The molecule has 4 aromatic rings. The molecule has 0 radical (unpaired) electrons. The van der Waals surface area contributed by atoms with Crippen molar-refractivity contribution in [3.05, 3.63) is 89.0 Å². The minimum Gasteiger partial charge on any atom is -0.324 e. The maximum atomic E-state index is 12.7. The van der Waals surface area contributed by atoms with E-state index >= 15 is 0 Å². The van der Waals surface area contributed by atoms with Gasteiger partial charge >= 0.3 is 0 Å². The lowest BCUT2D eigenvalue weighted by atomic mass is 10.2. The number of aryl methyl sites for hydroxylation is 1. The Kier molecular flexibility index (Phi) is 4.79. The molecule has 1 amide bonds. The average molecular weight is 387 g/mol. The van der Waals surface area contributed by atoms with Gasteiger partial charge in [-0.25, -0.2) is 9.97 Å². The number of rotatable bonds is 2. The lowest BCUT2D eigenvalue weighted by Gasteiger charge is -2.06. The van der Waals surface area contributed by atoms with Gasteiger partial charge in [0.2, 0.25) is 0 Å². The normalized spacial score (nSPS) is 10.4. The summed E-state index contributed by atoms with van der Waals surface area (Å²) in [6, 6.07) is 18.4. The molecule has 2 heterocycles. The molecule has 2 aromatic carbocycles. The fourth-order valence-corrected chi connectivity index (χ4v) is 3.06. The quantitative estimate of drug-likeness (QED) is 0.523. The van der Waals surface area contributed by atoms with Gasteiger partial charge in [0.05, 0.1) is 5.39 Å². The van der Waals surface area contributed by atoms with Crippen LogP contribution in [0.15, 0.2) is 67.0 Å². The van der Waals surface area contributed by atoms with Crippen LogP contribution in [-0.4, -0.2) is 20.4 Å². The lowest BCUT2D eigenvalue weighted by Crippen LogP contribution is -2.15. The predicted molar refractivity (Wildman–Crippen MR) is 110 cm³/mol. The summed E-state index contributed by atoms with van der Waals surface area (Å²) in [5.74, 6) is 5.91. The van der Waals surface area contributed by atoms with Crippen LogP contribution in [0, 0.1) is 11.8 Å². The van der Waals surface area contributed by atoms with Crippen LogP contribution in [0.4, 0.5) is 5.69 Å². The summed E-state index contributed by atoms with van der Waals surface area (Å²) >= 11 is 5.99. The summed E-state index contributed by atoms with van der Waals surface area (Å²) in [6.45, 7) is 0. The van der Waals surface area contributed by atoms with Gasteiger partial charge in [0.25, 0.3) is 5.91 Å². The van der Waals surface area contributed by atoms with Crippen molar-refractivity contribution in [2.45, 2.75) is 0 Å². The van der Waals surface area contributed by atoms with E-state index in [9.17, 15) is 4.79 Å². The van der Waals surface area contributed by atoms with Gasteiger partial charge in [-0.15, -0.1) is 0 Å². The van der Waals surface area contributed by atoms with Crippen LogP contribution in [0.1, 0.15) is 21.7 Å². The van der Waals surface area contributed by atoms with Crippen LogP contribution in [0.2, 0.25) is 5.02 Å². The van der Waals surface area contributed by atoms with Crippen molar-refractivity contribution >= 4 is 34.2 Å². The van der Waals surface area contributed by atoms with Crippen LogP contribution in [0.5, 0.6) is 0 Å². The highest BCUT2D eigenvalue weighted by atomic mass is 35.5. The molecule has 4 rings (SSSR count). The molecule has 6 heteroatoms. The Hall–Kier alpha value is -3.62. The number of hydrogen-bond donors (Lipinski definition) is 1. The fourth-order valence-electron chi connectivity index (χ4n) is 2.87. The van der Waals surface area contributed by atoms with Gasteiger partial charge in [-0.3, -0.25) is 4.79 Å². The number of hydrogen-bond acceptors (Lipinski definition) is 3. The second-order valence-corrected chi connectivity index (χ2v) is 6.57. The Morgan fingerprint density at radius 1 is 1.04 bits per heavy atom. The number of carbonyl (C=O) groups excluding carboxylic acids is 1. The Balaban J connectivity index is 1.70. The van der Waals surface area contributed by atoms with E-state index in [1.54, 1.807) is 41.9 Å². The van der Waals surface area contributed by atoms with Crippen LogP contribution in [0.3, 0.4) is 0 Å². The summed E-state index contributed by atoms with van der Waals surface area (Å²) in [5.41, 5.74) is 3.19. The minimum atomic E-state index is -0.260. The van der Waals surface area contributed by atoms with E-state index in [1.165, 1.54) is 6.33 Å². The zero-order valence-corrected chi connectivity index (χ0v) is 15.7. The van der Waals surface area contributed by atoms with Gasteiger partial charge in [0.15, 0.2) is 0 Å². The van der Waals surface area contributed by atoms with Crippen LogP contribution in [-0.2, 0) is 7.05 Å². The number of carbonyl (C=O) groups is 1. The third kappa shape index (κ3) is 3.59. The van der Waals surface area contributed by atoms with Crippen molar-refractivity contribution in [2.75, 3.05) is 5.32 Å². The predicted octanol–water partition coefficient (Wildman–Crippen LogP) is 4.27. The molecule has 0 fully saturated rings. The highest BCUT2D eigenvalue weighted by Crippen LogP contribution is 2.21. The SMILES string of the molecule is Cn1c(C(=O)Nc2cccc(Cl)c2)cc2c(C#Cc3ccccc3)ncnc21. The number of aromatic nitrogens is 3. The van der Waals surface area contributed by atoms with Gasteiger partial charge in [-0.05, 0) is 42.3 Å². The van der Waals surface area contributed by atoms with Gasteiger partial charge < -0.3 is 9.88 Å². The molecule has 0 saturated carbocycles. The van der Waals surface area contributed by atoms with Crippen molar-refractivity contribution in [1.82, 2.24) is 14.5 Å². The van der Waals surface area contributed by atoms with E-state index in [0.29, 0.717) is 27.7 Å². The van der Waals surface area contributed by atoms with E-state index in [2.05, 4.69) is 27.1 Å². The van der Waals surface area contributed by atoms with Gasteiger partial charge in [-0.1, -0.05) is 41.8 Å². The monoisotopic (exact) mass is 386 g/mol. The third-order valence-corrected chi connectivity index (χ3v) is 4.47. The Labute approximate surface area is 167 Å². The summed E-state index contributed by atoms with van der Waals surface area (Å²) in [6.07, 6.45) is 1.45. The molecule has 0 spiro atoms. The van der Waals surface area contributed by atoms with Crippen LogP contribution >= 0.6 is 11.6 Å². The first kappa shape index (κ1) is 17.8. The molecule has 5 nitrogen and oxygen atoms in total. The molecule has 0 bridgehead atoms. The first-order chi connectivity index (χ1) is 13.6. The fraction of sp³-hybridized carbons (Fsp3) is 0.0455. The number of anilines is 1. The van der Waals surface area contributed by atoms with Crippen molar-refractivity contribution in [1.29, 1.82) is 0 Å². The Bertz CT molecular complexity index is 1240. The number of amides is 1. The smallest absolute Gasteiger partial charge is 0.272 e. The molecule has 0 saturated heterocycles. The summed E-state index contributed by atoms with van der Waals surface area (Å²) in [5, 5.41) is 4.13. The number of fused-ring (bicyclic) bond motifs is 1. The van der Waals surface area contributed by atoms with Crippen molar-refractivity contribution in [3.8, 4) is 11.8 Å². The molecule has 0 atom stereocenters. The Morgan fingerprint density at radius 3 is 2.64 bits per heavy atom. The molecular formula is C22H15ClN4O. The largest absolute Gasteiger partial charge is 0.324 e. The van der Waals surface area contributed by atoms with Gasteiger partial charge in [-0.2, -0.15) is 0 Å². The van der Waals surface area contributed by atoms with Gasteiger partial charge in [0.1, 0.15) is 23.4 Å². The highest BCUT2D eigenvalue weighted by Gasteiger charge is 2.16. The van der Waals surface area contributed by atoms with E-state index < -0.39 is 0 Å². The molecule has 136 valence electrons. The number of benzene rings is 2. The van der Waals surface area contributed by atoms with E-state index in [4.69, 9.17) is 11.6 Å². The second-order valence-electron chi connectivity index (χ2n) is 6.13. The first-order valence-corrected chi connectivity index (χ1v) is 8.94. The zero-order valence-electron chi connectivity index (χ0n) is 15.0. The van der Waals surface area contributed by atoms with Crippen LogP contribution in [0.25, 0.3) is 11.0 Å². The summed E-state index contributed by atoms with van der Waals surface area (Å²) in [4.78, 5) is 21.3. The number of nitrogens with zero attached hydrogens (tertiary/aromatic N) is 3. The minimum absolute atomic E-state index is 0.260. The number of halogens is 1. The summed E-state index contributed by atoms with van der Waals surface area (Å²) < 4.78 is 1.73. The standard InChI is InChI=1S/C22H15ClN4O/c1-27-20(22(28)26-17-9-5-8-16(23)12-17)13-18-19(24-14-25-21(18)27)11-10-15-6-3-2-4-7-15/h2-9,12-14H,1H3,(H,26,28). The molecule has 2 aromatic heterocycles. The van der Waals surface area contributed by atoms with Crippen molar-refractivity contribution in [2.24, 2.45) is 7.05 Å². The topological polar surface area (TPSA) is 59.8 Å². The maximum Gasteiger partial charge on any atom is 0.272 e. The molecule has 0 unspecified atom stereocenters. The van der Waals surface area contributed by atoms with Crippen LogP contribution < -0.4 is 5.32 Å². The third-order valence-electron chi connectivity index (χ3n) is 4.24. The molecule has 0 aliphatic heterocycles. The molecule has 0 aliphatic carbocycles. The van der Waals surface area contributed by atoms with Crippen molar-refractivity contribution < 1.29 is 4.79 Å². The lowest BCUT2D eigenvalue weighted by molar-refractivity contribution is 0.101. The van der Waals surface area contributed by atoms with E-state index in [0.717, 1.165) is 10.9 Å². The summed E-state index contributed by atoms with van der Waals surface area (Å²) in [7, 11) is 1.79. The molecule has 0 aliphatic rings. The molecular weight excluding hydrogens is 372 g/mol. The second kappa shape index (κ2) is 7.55. The molecule has 28 heavy (non-hydrogen) atoms. The highest BCUT2D eigenvalue weighted by molar-refractivity contribution is 6.31. The maximum absolute atomic E-state index is 12.7. The average Bonchev–Trinajstić information content (AvgIpc) is 3.05. The zero-order chi connectivity index (χ0) is 19.5. The van der Waals surface area contributed by atoms with E-state index in [-0.39, 0.29) is 5.91 Å². The number of nitrogens with one attached hydrogen (secondary N) is 1.